The van der Waals surface area contributed by atoms with Crippen LogP contribution in [-0.2, 0) is 27.2 Å². The van der Waals surface area contributed by atoms with Crippen molar-refractivity contribution >= 4 is 23.2 Å². The van der Waals surface area contributed by atoms with Crippen LogP contribution in [0.1, 0.15) is 33.5 Å². The molecular formula is C16H19N9O4. The Morgan fingerprint density at radius 1 is 1.10 bits per heavy atom. The number of hydrogen-bond acceptors (Lipinski definition) is 7. The van der Waals surface area contributed by atoms with Crippen molar-refractivity contribution in [1.29, 1.82) is 0 Å². The van der Waals surface area contributed by atoms with Gasteiger partial charge in [-0.1, -0.05) is 0 Å². The van der Waals surface area contributed by atoms with Gasteiger partial charge in [-0.15, -0.1) is 0 Å². The third-order valence-corrected chi connectivity index (χ3v) is 4.14. The number of nitro groups is 1. The molecule has 0 atom stereocenters. The Labute approximate surface area is 164 Å². The highest BCUT2D eigenvalue weighted by molar-refractivity contribution is 6.09. The maximum Gasteiger partial charge on any atom is 0.320 e. The number of aryl methyl sites for hydroxylation is 3. The Kier molecular flexibility index (Phi) is 5.38. The highest BCUT2D eigenvalue weighted by Gasteiger charge is 2.28. The van der Waals surface area contributed by atoms with Gasteiger partial charge in [-0.25, -0.2) is 0 Å². The SMILES string of the molecule is CCn1ncc([N+](=O)[O-])c1C(=O)Nc1cnn(C)c1C(=O)NCc1cnn(C)c1. The van der Waals surface area contributed by atoms with Crippen molar-refractivity contribution in [3.8, 4) is 0 Å². The molecule has 0 radical (unpaired) electrons. The minimum atomic E-state index is -0.759. The molecule has 0 spiro atoms. The normalized spacial score (nSPS) is 10.7. The van der Waals surface area contributed by atoms with Gasteiger partial charge in [0.1, 0.15) is 11.9 Å². The number of amides is 2. The summed E-state index contributed by atoms with van der Waals surface area (Å²) >= 11 is 0. The Bertz CT molecular complexity index is 1080. The second-order valence-corrected chi connectivity index (χ2v) is 6.14. The first-order valence-corrected chi connectivity index (χ1v) is 8.61. The molecular weight excluding hydrogens is 382 g/mol. The molecule has 0 aromatic carbocycles. The van der Waals surface area contributed by atoms with Gasteiger partial charge >= 0.3 is 5.69 Å². The number of nitrogens with one attached hydrogen (secondary N) is 2. The Hall–Kier alpha value is -4.03. The molecule has 0 fully saturated rings. The van der Waals surface area contributed by atoms with Crippen LogP contribution >= 0.6 is 0 Å². The van der Waals surface area contributed by atoms with E-state index in [0.29, 0.717) is 0 Å². The summed E-state index contributed by atoms with van der Waals surface area (Å²) in [6, 6.07) is 0. The van der Waals surface area contributed by atoms with Gasteiger partial charge in [-0.05, 0) is 6.92 Å². The number of carbonyl (C=O) groups excluding carboxylic acids is 2. The number of rotatable bonds is 7. The molecule has 0 saturated heterocycles. The van der Waals surface area contributed by atoms with Crippen molar-refractivity contribution in [1.82, 2.24) is 34.7 Å². The number of nitrogens with zero attached hydrogens (tertiary/aromatic N) is 7. The average molecular weight is 401 g/mol. The van der Waals surface area contributed by atoms with E-state index >= 15 is 0 Å². The Morgan fingerprint density at radius 3 is 2.48 bits per heavy atom. The van der Waals surface area contributed by atoms with Gasteiger partial charge in [-0.3, -0.25) is 33.7 Å². The molecule has 3 aromatic heterocycles. The van der Waals surface area contributed by atoms with Gasteiger partial charge in [0.2, 0.25) is 5.69 Å². The summed E-state index contributed by atoms with van der Waals surface area (Å²) < 4.78 is 4.13. The van der Waals surface area contributed by atoms with E-state index < -0.39 is 22.4 Å². The minimum absolute atomic E-state index is 0.104. The molecule has 3 heterocycles. The number of anilines is 1. The Balaban J connectivity index is 1.81. The molecule has 2 amide bonds. The lowest BCUT2D eigenvalue weighted by Gasteiger charge is -2.09. The van der Waals surface area contributed by atoms with E-state index in [2.05, 4.69) is 25.9 Å². The van der Waals surface area contributed by atoms with E-state index in [-0.39, 0.29) is 30.2 Å². The average Bonchev–Trinajstić information content (AvgIpc) is 3.38. The van der Waals surface area contributed by atoms with Crippen molar-refractivity contribution in [2.45, 2.75) is 20.0 Å². The van der Waals surface area contributed by atoms with Crippen molar-refractivity contribution in [2.75, 3.05) is 5.32 Å². The van der Waals surface area contributed by atoms with E-state index in [1.165, 1.54) is 15.6 Å². The number of carbonyl (C=O) groups is 2. The third-order valence-electron chi connectivity index (χ3n) is 4.14. The molecule has 0 bridgehead atoms. The first-order valence-electron chi connectivity index (χ1n) is 8.61. The summed E-state index contributed by atoms with van der Waals surface area (Å²) in [5.74, 6) is -1.23. The van der Waals surface area contributed by atoms with Crippen LogP contribution in [0.4, 0.5) is 11.4 Å². The van der Waals surface area contributed by atoms with E-state index in [9.17, 15) is 19.7 Å². The second-order valence-electron chi connectivity index (χ2n) is 6.14. The topological polar surface area (TPSA) is 155 Å². The Morgan fingerprint density at radius 2 is 1.86 bits per heavy atom. The molecule has 152 valence electrons. The maximum atomic E-state index is 12.7. The minimum Gasteiger partial charge on any atom is -0.346 e. The highest BCUT2D eigenvalue weighted by atomic mass is 16.6. The highest BCUT2D eigenvalue weighted by Crippen LogP contribution is 2.21. The first-order chi connectivity index (χ1) is 13.8. The van der Waals surface area contributed by atoms with Crippen molar-refractivity contribution in [3.05, 3.63) is 51.9 Å². The van der Waals surface area contributed by atoms with Crippen LogP contribution in [0, 0.1) is 10.1 Å². The lowest BCUT2D eigenvalue weighted by Crippen LogP contribution is -2.27. The quantitative estimate of drug-likeness (QED) is 0.430. The molecule has 0 aliphatic carbocycles. The van der Waals surface area contributed by atoms with Crippen LogP contribution in [0.3, 0.4) is 0 Å². The third kappa shape index (κ3) is 3.97. The van der Waals surface area contributed by atoms with Gasteiger partial charge in [-0.2, -0.15) is 15.3 Å². The molecule has 13 heteroatoms. The zero-order valence-corrected chi connectivity index (χ0v) is 16.0. The lowest BCUT2D eigenvalue weighted by molar-refractivity contribution is -0.385. The summed E-state index contributed by atoms with van der Waals surface area (Å²) in [6.45, 7) is 2.20. The zero-order valence-electron chi connectivity index (χ0n) is 16.0. The van der Waals surface area contributed by atoms with E-state index in [4.69, 9.17) is 0 Å². The van der Waals surface area contributed by atoms with E-state index in [0.717, 1.165) is 11.8 Å². The molecule has 0 unspecified atom stereocenters. The maximum absolute atomic E-state index is 12.7. The molecule has 2 N–H and O–H groups in total. The molecule has 0 aliphatic rings. The second kappa shape index (κ2) is 7.92. The molecule has 0 saturated carbocycles. The van der Waals surface area contributed by atoms with Crippen LogP contribution in [-0.4, -0.2) is 46.1 Å². The fourth-order valence-corrected chi connectivity index (χ4v) is 2.79. The van der Waals surface area contributed by atoms with Crippen molar-refractivity contribution in [3.63, 3.8) is 0 Å². The van der Waals surface area contributed by atoms with Crippen molar-refractivity contribution < 1.29 is 14.5 Å². The van der Waals surface area contributed by atoms with Crippen molar-refractivity contribution in [2.24, 2.45) is 14.1 Å². The standard InChI is InChI=1S/C16H19N9O4/c1-4-24-14(12(8-20-24)25(28)29)16(27)21-11-7-19-23(3)13(11)15(26)17-5-10-6-18-22(2)9-10/h6-9H,4-5H2,1-3H3,(H,17,26)(H,21,27). The van der Waals surface area contributed by atoms with Gasteiger partial charge < -0.3 is 10.6 Å². The molecule has 29 heavy (non-hydrogen) atoms. The van der Waals surface area contributed by atoms with Gasteiger partial charge in [0, 0.05) is 38.9 Å². The van der Waals surface area contributed by atoms with Crippen LogP contribution in [0.15, 0.2) is 24.8 Å². The van der Waals surface area contributed by atoms with Gasteiger partial charge in [0.15, 0.2) is 0 Å². The van der Waals surface area contributed by atoms with E-state index in [1.807, 2.05) is 0 Å². The van der Waals surface area contributed by atoms with Crippen LogP contribution in [0.25, 0.3) is 0 Å². The summed E-state index contributed by atoms with van der Waals surface area (Å²) in [5, 5.41) is 28.3. The predicted molar refractivity (Wildman–Crippen MR) is 100 cm³/mol. The van der Waals surface area contributed by atoms with Crippen LogP contribution < -0.4 is 10.6 Å². The zero-order chi connectivity index (χ0) is 21.1. The molecule has 13 nitrogen and oxygen atoms in total. The molecule has 3 aromatic rings. The van der Waals surface area contributed by atoms with Gasteiger partial charge in [0.25, 0.3) is 11.8 Å². The summed E-state index contributed by atoms with van der Waals surface area (Å²) in [6.07, 6.45) is 5.70. The first kappa shape index (κ1) is 19.7. The van der Waals surface area contributed by atoms with Crippen LogP contribution in [0.5, 0.6) is 0 Å². The monoisotopic (exact) mass is 401 g/mol. The molecule has 3 rings (SSSR count). The molecule has 0 aliphatic heterocycles. The lowest BCUT2D eigenvalue weighted by atomic mass is 10.3. The van der Waals surface area contributed by atoms with Gasteiger partial charge in [0.05, 0.1) is 23.0 Å². The van der Waals surface area contributed by atoms with Crippen LogP contribution in [0.2, 0.25) is 0 Å². The fraction of sp³-hybridized carbons (Fsp3) is 0.312. The largest absolute Gasteiger partial charge is 0.346 e. The number of hydrogen-bond donors (Lipinski definition) is 2. The smallest absolute Gasteiger partial charge is 0.320 e. The fourth-order valence-electron chi connectivity index (χ4n) is 2.79. The summed E-state index contributed by atoms with van der Waals surface area (Å²) in [7, 11) is 3.31. The van der Waals surface area contributed by atoms with E-state index in [1.54, 1.807) is 38.1 Å². The summed E-state index contributed by atoms with van der Waals surface area (Å²) in [4.78, 5) is 35.8. The predicted octanol–water partition coefficient (Wildman–Crippen LogP) is 0.460. The number of aromatic nitrogens is 6. The summed E-state index contributed by atoms with van der Waals surface area (Å²) in [5.41, 5.74) is 0.404.